The molecule has 6 nitrogen and oxygen atoms in total. The van der Waals surface area contributed by atoms with Crippen LogP contribution in [0.1, 0.15) is 31.4 Å². The molecule has 6 heteroatoms. The van der Waals surface area contributed by atoms with Gasteiger partial charge in [0.15, 0.2) is 5.43 Å². The van der Waals surface area contributed by atoms with E-state index in [9.17, 15) is 15.0 Å². The lowest BCUT2D eigenvalue weighted by atomic mass is 9.92. The number of aliphatic hydroxyl groups excluding tert-OH is 2. The molecule has 0 bridgehead atoms. The molecule has 1 aliphatic heterocycles. The van der Waals surface area contributed by atoms with E-state index in [4.69, 9.17) is 4.74 Å². The minimum atomic E-state index is -0.890. The van der Waals surface area contributed by atoms with Gasteiger partial charge in [-0.2, -0.15) is 0 Å². The highest BCUT2D eigenvalue weighted by Crippen LogP contribution is 2.35. The van der Waals surface area contributed by atoms with Crippen LogP contribution in [-0.2, 0) is 4.74 Å². The summed E-state index contributed by atoms with van der Waals surface area (Å²) in [6, 6.07) is 12.9. The van der Waals surface area contributed by atoms with Crippen LogP contribution in [0.5, 0.6) is 0 Å². The fourth-order valence-corrected chi connectivity index (χ4v) is 3.84. The Labute approximate surface area is 169 Å². The molecule has 2 N–H and O–H groups in total. The van der Waals surface area contributed by atoms with E-state index in [0.717, 1.165) is 16.8 Å². The van der Waals surface area contributed by atoms with Crippen molar-refractivity contribution in [2.24, 2.45) is 0 Å². The highest BCUT2D eigenvalue weighted by atomic mass is 16.5. The first-order valence-electron chi connectivity index (χ1n) is 9.82. The summed E-state index contributed by atoms with van der Waals surface area (Å²) in [4.78, 5) is 16.7. The lowest BCUT2D eigenvalue weighted by Gasteiger charge is -2.37. The lowest BCUT2D eigenvalue weighted by molar-refractivity contribution is -0.170. The van der Waals surface area contributed by atoms with Crippen molar-refractivity contribution in [1.29, 1.82) is 0 Å². The molecular weight excluding hydrogens is 368 g/mol. The van der Waals surface area contributed by atoms with Gasteiger partial charge in [0.2, 0.25) is 0 Å². The predicted molar refractivity (Wildman–Crippen MR) is 110 cm³/mol. The Morgan fingerprint density at radius 3 is 2.72 bits per heavy atom. The van der Waals surface area contributed by atoms with E-state index < -0.39 is 18.3 Å². The second-order valence-electron chi connectivity index (χ2n) is 7.30. The third-order valence-corrected chi connectivity index (χ3v) is 5.43. The van der Waals surface area contributed by atoms with Crippen molar-refractivity contribution in [2.75, 3.05) is 0 Å². The largest absolute Gasteiger partial charge is 0.390 e. The van der Waals surface area contributed by atoms with Crippen LogP contribution in [0.4, 0.5) is 0 Å². The first-order chi connectivity index (χ1) is 14.1. The molecule has 3 heterocycles. The van der Waals surface area contributed by atoms with Gasteiger partial charge < -0.3 is 19.5 Å². The molecular formula is C23H24N2O4. The molecule has 0 unspecified atom stereocenters. The maximum Gasteiger partial charge on any atom is 0.189 e. The van der Waals surface area contributed by atoms with Gasteiger partial charge in [-0.3, -0.25) is 9.78 Å². The monoisotopic (exact) mass is 392 g/mol. The van der Waals surface area contributed by atoms with E-state index >= 15 is 0 Å². The van der Waals surface area contributed by atoms with Crippen LogP contribution in [0.15, 0.2) is 72.0 Å². The highest BCUT2D eigenvalue weighted by molar-refractivity contribution is 5.62. The molecule has 0 radical (unpaired) electrons. The smallest absolute Gasteiger partial charge is 0.189 e. The van der Waals surface area contributed by atoms with Gasteiger partial charge in [-0.05, 0) is 18.1 Å². The molecule has 4 rings (SSSR count). The lowest BCUT2D eigenvalue weighted by Crippen LogP contribution is -2.45. The van der Waals surface area contributed by atoms with Crippen LogP contribution in [-0.4, -0.2) is 38.1 Å². The molecule has 2 aromatic heterocycles. The zero-order chi connectivity index (χ0) is 20.4. The number of ether oxygens (including phenoxy) is 1. The zero-order valence-electron chi connectivity index (χ0n) is 16.2. The van der Waals surface area contributed by atoms with Crippen molar-refractivity contribution in [3.63, 3.8) is 0 Å². The van der Waals surface area contributed by atoms with E-state index in [1.165, 1.54) is 6.07 Å². The van der Waals surface area contributed by atoms with Crippen LogP contribution in [0.25, 0.3) is 16.8 Å². The molecule has 0 spiro atoms. The van der Waals surface area contributed by atoms with E-state index in [-0.39, 0.29) is 11.5 Å². The van der Waals surface area contributed by atoms with Gasteiger partial charge in [0.1, 0.15) is 6.10 Å². The van der Waals surface area contributed by atoms with Gasteiger partial charge in [-0.25, -0.2) is 0 Å². The number of rotatable bonds is 4. The second kappa shape index (κ2) is 8.29. The maximum absolute atomic E-state index is 12.4. The fourth-order valence-electron chi connectivity index (χ4n) is 3.84. The summed E-state index contributed by atoms with van der Waals surface area (Å²) in [5.41, 5.74) is 3.00. The number of benzene rings is 1. The minimum Gasteiger partial charge on any atom is -0.390 e. The zero-order valence-corrected chi connectivity index (χ0v) is 16.2. The van der Waals surface area contributed by atoms with Crippen molar-refractivity contribution in [1.82, 2.24) is 9.55 Å². The summed E-state index contributed by atoms with van der Waals surface area (Å²) in [6.45, 7) is 1.92. The second-order valence-corrected chi connectivity index (χ2v) is 7.30. The van der Waals surface area contributed by atoms with Crippen molar-refractivity contribution in [3.8, 4) is 16.8 Å². The fraction of sp³-hybridized carbons (Fsp3) is 0.304. The predicted octanol–water partition coefficient (Wildman–Crippen LogP) is 2.86. The highest BCUT2D eigenvalue weighted by Gasteiger charge is 2.37. The number of aromatic nitrogens is 2. The first kappa shape index (κ1) is 19.5. The topological polar surface area (TPSA) is 84.6 Å². The Hall–Kier alpha value is -2.80. The first-order valence-corrected chi connectivity index (χ1v) is 9.82. The van der Waals surface area contributed by atoms with E-state index in [0.29, 0.717) is 18.4 Å². The van der Waals surface area contributed by atoms with E-state index in [1.54, 1.807) is 24.8 Å². The minimum absolute atomic E-state index is 0.0589. The normalized spacial score (nSPS) is 24.4. The van der Waals surface area contributed by atoms with Crippen molar-refractivity contribution in [2.45, 2.75) is 44.2 Å². The molecule has 0 amide bonds. The van der Waals surface area contributed by atoms with Crippen LogP contribution in [0, 0.1) is 0 Å². The third kappa shape index (κ3) is 3.87. The number of hydrogen-bond donors (Lipinski definition) is 2. The Balaban J connectivity index is 1.76. The van der Waals surface area contributed by atoms with E-state index in [1.807, 2.05) is 47.9 Å². The summed E-state index contributed by atoms with van der Waals surface area (Å²) < 4.78 is 7.95. The molecule has 1 aromatic carbocycles. The summed E-state index contributed by atoms with van der Waals surface area (Å²) >= 11 is 0. The SMILES string of the molecule is CC[C@H]1O[C@@H](c2ccncc2-n2ccc(=O)c(-c3ccccc3)c2)C[C@@H](O)[C@@H]1O. The molecule has 1 aliphatic rings. The number of nitrogens with zero attached hydrogens (tertiary/aromatic N) is 2. The van der Waals surface area contributed by atoms with Gasteiger partial charge in [0.05, 0.1) is 30.2 Å². The Morgan fingerprint density at radius 1 is 1.17 bits per heavy atom. The van der Waals surface area contributed by atoms with Gasteiger partial charge in [0.25, 0.3) is 0 Å². The van der Waals surface area contributed by atoms with Crippen molar-refractivity contribution in [3.05, 3.63) is 83.0 Å². The molecule has 150 valence electrons. The molecule has 1 fully saturated rings. The Bertz CT molecular complexity index is 1030. The molecule has 3 aromatic rings. The molecule has 0 saturated carbocycles. The third-order valence-electron chi connectivity index (χ3n) is 5.43. The van der Waals surface area contributed by atoms with E-state index in [2.05, 4.69) is 4.98 Å². The summed E-state index contributed by atoms with van der Waals surface area (Å²) in [5, 5.41) is 20.5. The molecule has 1 saturated heterocycles. The summed E-state index contributed by atoms with van der Waals surface area (Å²) in [6.07, 6.45) is 5.25. The number of pyridine rings is 2. The summed E-state index contributed by atoms with van der Waals surface area (Å²) in [5.74, 6) is 0. The van der Waals surface area contributed by atoms with Crippen molar-refractivity contribution >= 4 is 0 Å². The van der Waals surface area contributed by atoms with Gasteiger partial charge in [-0.15, -0.1) is 0 Å². The average Bonchev–Trinajstić information content (AvgIpc) is 2.76. The van der Waals surface area contributed by atoms with Crippen LogP contribution in [0.3, 0.4) is 0 Å². The summed E-state index contributed by atoms with van der Waals surface area (Å²) in [7, 11) is 0. The quantitative estimate of drug-likeness (QED) is 0.713. The van der Waals surface area contributed by atoms with Crippen LogP contribution in [0.2, 0.25) is 0 Å². The standard InChI is InChI=1S/C23H24N2O4/c1-2-21-23(28)20(27)12-22(29-21)16-8-10-24-13-18(16)25-11-9-19(26)17(14-25)15-6-4-3-5-7-15/h3-11,13-14,20-23,27-28H,2,12H2,1H3/t20-,21-,22-,23+/m1/s1. The van der Waals surface area contributed by atoms with Gasteiger partial charge in [-0.1, -0.05) is 37.3 Å². The average molecular weight is 392 g/mol. The molecule has 0 aliphatic carbocycles. The molecule has 29 heavy (non-hydrogen) atoms. The Morgan fingerprint density at radius 2 is 1.97 bits per heavy atom. The van der Waals surface area contributed by atoms with Gasteiger partial charge in [0, 0.05) is 42.2 Å². The maximum atomic E-state index is 12.4. The van der Waals surface area contributed by atoms with Crippen molar-refractivity contribution < 1.29 is 14.9 Å². The Kier molecular flexibility index (Phi) is 5.58. The molecule has 4 atom stereocenters. The number of hydrogen-bond acceptors (Lipinski definition) is 5. The number of aliphatic hydroxyl groups is 2. The van der Waals surface area contributed by atoms with Gasteiger partial charge >= 0.3 is 0 Å². The van der Waals surface area contributed by atoms with Crippen LogP contribution < -0.4 is 5.43 Å². The van der Waals surface area contributed by atoms with Crippen LogP contribution >= 0.6 is 0 Å².